The molecule has 0 fully saturated rings. The van der Waals surface area contributed by atoms with Gasteiger partial charge in [-0.05, 0) is 31.0 Å². The molecular weight excluding hydrogens is 334 g/mol. The molecule has 1 atom stereocenters. The topological polar surface area (TPSA) is 66.4 Å². The van der Waals surface area contributed by atoms with Gasteiger partial charge in [0.2, 0.25) is 0 Å². The van der Waals surface area contributed by atoms with Crippen molar-refractivity contribution in [3.63, 3.8) is 0 Å². The van der Waals surface area contributed by atoms with Gasteiger partial charge in [-0.25, -0.2) is 0 Å². The van der Waals surface area contributed by atoms with Crippen LogP contribution in [0.5, 0.6) is 0 Å². The van der Waals surface area contributed by atoms with Crippen LogP contribution in [0, 0.1) is 5.92 Å². The second kappa shape index (κ2) is 7.50. The van der Waals surface area contributed by atoms with E-state index in [1.807, 2.05) is 0 Å². The third kappa shape index (κ3) is 5.61. The molecule has 0 spiro atoms. The van der Waals surface area contributed by atoms with Gasteiger partial charge >= 0.3 is 5.97 Å². The molecule has 0 heterocycles. The van der Waals surface area contributed by atoms with Crippen LogP contribution in [0.25, 0.3) is 0 Å². The maximum Gasteiger partial charge on any atom is 0.306 e. The molecule has 1 rings (SSSR count). The molecule has 1 aromatic carbocycles. The predicted molar refractivity (Wildman–Crippen MR) is 77.5 cm³/mol. The van der Waals surface area contributed by atoms with E-state index in [4.69, 9.17) is 16.7 Å². The zero-order valence-corrected chi connectivity index (χ0v) is 12.8. The van der Waals surface area contributed by atoms with Crippen LogP contribution < -0.4 is 5.32 Å². The van der Waals surface area contributed by atoms with Gasteiger partial charge in [-0.1, -0.05) is 34.5 Å². The van der Waals surface area contributed by atoms with Gasteiger partial charge < -0.3 is 10.4 Å². The van der Waals surface area contributed by atoms with Crippen LogP contribution in [0.1, 0.15) is 30.1 Å². The van der Waals surface area contributed by atoms with E-state index in [2.05, 4.69) is 21.2 Å². The summed E-state index contributed by atoms with van der Waals surface area (Å²) in [5, 5.41) is 11.9. The van der Waals surface area contributed by atoms with E-state index >= 15 is 0 Å². The van der Waals surface area contributed by atoms with Crippen molar-refractivity contribution < 1.29 is 14.7 Å². The minimum Gasteiger partial charge on any atom is -0.481 e. The molecule has 6 heteroatoms. The number of hydrogen-bond acceptors (Lipinski definition) is 2. The van der Waals surface area contributed by atoms with E-state index in [1.165, 1.54) is 0 Å². The first kappa shape index (κ1) is 16.0. The Morgan fingerprint density at radius 3 is 2.68 bits per heavy atom. The Bertz CT molecular complexity index is 459. The third-order valence-electron chi connectivity index (χ3n) is 2.65. The van der Waals surface area contributed by atoms with Crippen molar-refractivity contribution >= 4 is 39.4 Å². The minimum absolute atomic E-state index is 0.217. The average Bonchev–Trinajstić information content (AvgIpc) is 2.32. The summed E-state index contributed by atoms with van der Waals surface area (Å²) in [6, 6.07) is 4.97. The Morgan fingerprint density at radius 1 is 1.42 bits per heavy atom. The van der Waals surface area contributed by atoms with Crippen molar-refractivity contribution in [3.8, 4) is 0 Å². The summed E-state index contributed by atoms with van der Waals surface area (Å²) in [6.07, 6.45) is 1.16. The molecule has 2 N–H and O–H groups in total. The first-order chi connectivity index (χ1) is 8.90. The summed E-state index contributed by atoms with van der Waals surface area (Å²) in [6.45, 7) is 2.10. The van der Waals surface area contributed by atoms with Crippen molar-refractivity contribution in [2.24, 2.45) is 5.92 Å². The lowest BCUT2D eigenvalue weighted by atomic mass is 10.1. The van der Waals surface area contributed by atoms with Crippen molar-refractivity contribution in [1.29, 1.82) is 0 Å². The Labute approximate surface area is 125 Å². The van der Waals surface area contributed by atoms with Gasteiger partial charge in [0.1, 0.15) is 0 Å². The molecule has 0 radical (unpaired) electrons. The van der Waals surface area contributed by atoms with Gasteiger partial charge in [0.15, 0.2) is 0 Å². The fourth-order valence-electron chi connectivity index (χ4n) is 1.52. The van der Waals surface area contributed by atoms with Crippen molar-refractivity contribution in [2.45, 2.75) is 19.8 Å². The molecule has 1 unspecified atom stereocenters. The van der Waals surface area contributed by atoms with Crippen molar-refractivity contribution in [1.82, 2.24) is 5.32 Å². The number of carbonyl (C=O) groups is 2. The molecule has 0 aliphatic heterocycles. The van der Waals surface area contributed by atoms with Gasteiger partial charge in [-0.2, -0.15) is 0 Å². The summed E-state index contributed by atoms with van der Waals surface area (Å²) < 4.78 is 0.740. The van der Waals surface area contributed by atoms with Gasteiger partial charge in [0, 0.05) is 21.6 Å². The summed E-state index contributed by atoms with van der Waals surface area (Å²) in [4.78, 5) is 22.4. The highest BCUT2D eigenvalue weighted by Gasteiger charge is 2.11. The van der Waals surface area contributed by atoms with Crippen molar-refractivity contribution in [3.05, 3.63) is 33.3 Å². The second-order valence-electron chi connectivity index (χ2n) is 4.30. The van der Waals surface area contributed by atoms with Crippen LogP contribution in [-0.2, 0) is 4.79 Å². The molecule has 0 aromatic heterocycles. The van der Waals surface area contributed by atoms with Gasteiger partial charge in [-0.3, -0.25) is 9.59 Å². The highest BCUT2D eigenvalue weighted by atomic mass is 79.9. The Kier molecular flexibility index (Phi) is 6.31. The lowest BCUT2D eigenvalue weighted by Crippen LogP contribution is -2.25. The van der Waals surface area contributed by atoms with Crippen LogP contribution in [0.4, 0.5) is 0 Å². The molecule has 104 valence electrons. The number of carboxylic acids is 1. The zero-order chi connectivity index (χ0) is 14.4. The number of carboxylic acid groups (broad SMARTS) is 1. The SMILES string of the molecule is CC(CCCNC(=O)c1cc(Cl)cc(Br)c1)C(=O)O. The zero-order valence-electron chi connectivity index (χ0n) is 10.5. The van der Waals surface area contributed by atoms with Crippen LogP contribution in [0.15, 0.2) is 22.7 Å². The highest BCUT2D eigenvalue weighted by Crippen LogP contribution is 2.19. The summed E-state index contributed by atoms with van der Waals surface area (Å²) in [7, 11) is 0. The van der Waals surface area contributed by atoms with Gasteiger partial charge in [0.25, 0.3) is 5.91 Å². The second-order valence-corrected chi connectivity index (χ2v) is 5.65. The fourth-order valence-corrected chi connectivity index (χ4v) is 2.38. The van der Waals surface area contributed by atoms with Crippen LogP contribution in [-0.4, -0.2) is 23.5 Å². The van der Waals surface area contributed by atoms with Gasteiger partial charge in [-0.15, -0.1) is 0 Å². The number of rotatable bonds is 6. The number of amides is 1. The smallest absolute Gasteiger partial charge is 0.306 e. The largest absolute Gasteiger partial charge is 0.481 e. The van der Waals surface area contributed by atoms with Crippen molar-refractivity contribution in [2.75, 3.05) is 6.54 Å². The normalized spacial score (nSPS) is 11.9. The van der Waals surface area contributed by atoms with E-state index in [1.54, 1.807) is 25.1 Å². The molecule has 1 aromatic rings. The molecule has 1 amide bonds. The highest BCUT2D eigenvalue weighted by molar-refractivity contribution is 9.10. The molecular formula is C13H15BrClNO3. The number of aliphatic carboxylic acids is 1. The molecule has 0 saturated carbocycles. The van der Waals surface area contributed by atoms with E-state index in [9.17, 15) is 9.59 Å². The van der Waals surface area contributed by atoms with E-state index in [-0.39, 0.29) is 5.91 Å². The predicted octanol–water partition coefficient (Wildman–Crippen LogP) is 3.33. The van der Waals surface area contributed by atoms with E-state index < -0.39 is 11.9 Å². The summed E-state index contributed by atoms with van der Waals surface area (Å²) in [5.74, 6) is -1.42. The number of halogens is 2. The average molecular weight is 349 g/mol. The first-order valence-corrected chi connectivity index (χ1v) is 7.04. The molecule has 0 aliphatic carbocycles. The summed E-state index contributed by atoms with van der Waals surface area (Å²) in [5.41, 5.74) is 0.477. The molecule has 0 bridgehead atoms. The number of hydrogen-bond donors (Lipinski definition) is 2. The number of carbonyl (C=O) groups excluding carboxylic acids is 1. The van der Waals surface area contributed by atoms with E-state index in [0.29, 0.717) is 30.0 Å². The quantitative estimate of drug-likeness (QED) is 0.775. The lowest BCUT2D eigenvalue weighted by molar-refractivity contribution is -0.141. The first-order valence-electron chi connectivity index (χ1n) is 5.87. The molecule has 0 saturated heterocycles. The number of benzene rings is 1. The Morgan fingerprint density at radius 2 is 2.11 bits per heavy atom. The minimum atomic E-state index is -0.815. The molecule has 4 nitrogen and oxygen atoms in total. The standard InChI is InChI=1S/C13H15BrClNO3/c1-8(13(18)19)3-2-4-16-12(17)9-5-10(14)7-11(15)6-9/h5-8H,2-4H2,1H3,(H,16,17)(H,18,19). The fraction of sp³-hybridized carbons (Fsp3) is 0.385. The van der Waals surface area contributed by atoms with E-state index in [0.717, 1.165) is 4.47 Å². The summed E-state index contributed by atoms with van der Waals surface area (Å²) >= 11 is 9.13. The number of nitrogens with one attached hydrogen (secondary N) is 1. The maximum absolute atomic E-state index is 11.8. The Balaban J connectivity index is 2.41. The molecule has 19 heavy (non-hydrogen) atoms. The van der Waals surface area contributed by atoms with Crippen LogP contribution >= 0.6 is 27.5 Å². The lowest BCUT2D eigenvalue weighted by Gasteiger charge is -2.08. The Hall–Kier alpha value is -1.07. The van der Waals surface area contributed by atoms with Crippen LogP contribution in [0.3, 0.4) is 0 Å². The van der Waals surface area contributed by atoms with Gasteiger partial charge in [0.05, 0.1) is 5.92 Å². The maximum atomic E-state index is 11.8. The van der Waals surface area contributed by atoms with Crippen LogP contribution in [0.2, 0.25) is 5.02 Å². The third-order valence-corrected chi connectivity index (χ3v) is 3.32. The molecule has 0 aliphatic rings. The monoisotopic (exact) mass is 347 g/mol.